The van der Waals surface area contributed by atoms with Gasteiger partial charge in [0.05, 0.1) is 13.7 Å². The summed E-state index contributed by atoms with van der Waals surface area (Å²) in [7, 11) is 1.39. The van der Waals surface area contributed by atoms with Crippen molar-refractivity contribution in [3.05, 3.63) is 23.2 Å². The van der Waals surface area contributed by atoms with Gasteiger partial charge in [-0.05, 0) is 38.7 Å². The molecular weight excluding hydrogens is 254 g/mol. The second-order valence-corrected chi connectivity index (χ2v) is 5.74. The van der Waals surface area contributed by atoms with Gasteiger partial charge >= 0.3 is 5.97 Å². The van der Waals surface area contributed by atoms with Gasteiger partial charge in [-0.25, -0.2) is 4.79 Å². The van der Waals surface area contributed by atoms with Crippen LogP contribution in [0.4, 0.5) is 0 Å². The quantitative estimate of drug-likeness (QED) is 0.839. The smallest absolute Gasteiger partial charge is 0.341 e. The molecule has 1 heterocycles. The monoisotopic (exact) mass is 279 g/mol. The molecule has 0 spiro atoms. The van der Waals surface area contributed by atoms with Crippen molar-refractivity contribution in [3.63, 3.8) is 0 Å². The van der Waals surface area contributed by atoms with Crippen LogP contribution in [0.5, 0.6) is 0 Å². The molecule has 0 aliphatic heterocycles. The van der Waals surface area contributed by atoms with Crippen molar-refractivity contribution in [2.75, 3.05) is 7.11 Å². The number of ether oxygens (including phenoxy) is 1. The van der Waals surface area contributed by atoms with Gasteiger partial charge in [0.25, 0.3) is 0 Å². The van der Waals surface area contributed by atoms with Crippen molar-refractivity contribution < 1.29 is 13.9 Å². The van der Waals surface area contributed by atoms with E-state index in [0.29, 0.717) is 23.9 Å². The molecule has 1 unspecified atom stereocenters. The van der Waals surface area contributed by atoms with Gasteiger partial charge in [-0.15, -0.1) is 0 Å². The van der Waals surface area contributed by atoms with Crippen LogP contribution in [0.2, 0.25) is 0 Å². The van der Waals surface area contributed by atoms with Crippen molar-refractivity contribution in [2.24, 2.45) is 5.92 Å². The lowest BCUT2D eigenvalue weighted by Crippen LogP contribution is -2.34. The molecule has 112 valence electrons. The zero-order valence-corrected chi connectivity index (χ0v) is 12.7. The third-order valence-corrected chi connectivity index (χ3v) is 4.33. The van der Waals surface area contributed by atoms with Crippen LogP contribution in [0.3, 0.4) is 0 Å². The Morgan fingerprint density at radius 2 is 2.15 bits per heavy atom. The van der Waals surface area contributed by atoms with Crippen molar-refractivity contribution >= 4 is 5.97 Å². The second-order valence-electron chi connectivity index (χ2n) is 5.74. The highest BCUT2D eigenvalue weighted by Gasteiger charge is 2.20. The lowest BCUT2D eigenvalue weighted by atomic mass is 9.84. The number of methoxy groups -OCH3 is 1. The number of rotatable bonds is 5. The highest BCUT2D eigenvalue weighted by atomic mass is 16.5. The first-order valence-corrected chi connectivity index (χ1v) is 7.53. The molecule has 1 fully saturated rings. The van der Waals surface area contributed by atoms with Crippen molar-refractivity contribution in [1.82, 2.24) is 5.32 Å². The summed E-state index contributed by atoms with van der Waals surface area (Å²) in [4.78, 5) is 11.5. The van der Waals surface area contributed by atoms with Gasteiger partial charge in [0.1, 0.15) is 17.1 Å². The number of hydrogen-bond donors (Lipinski definition) is 1. The summed E-state index contributed by atoms with van der Waals surface area (Å²) < 4.78 is 10.3. The molecule has 0 bridgehead atoms. The Hall–Kier alpha value is -1.29. The standard InChI is InChI=1S/C16H25NO3/c1-11(13-7-5-4-6-8-13)17-10-14-9-15(12(2)20-14)16(18)19-3/h9,11,13,17H,4-8,10H2,1-3H3. The summed E-state index contributed by atoms with van der Waals surface area (Å²) in [6.07, 6.45) is 6.71. The van der Waals surface area contributed by atoms with Crippen LogP contribution in [0.15, 0.2) is 10.5 Å². The fraction of sp³-hybridized carbons (Fsp3) is 0.688. The fourth-order valence-corrected chi connectivity index (χ4v) is 3.01. The van der Waals surface area contributed by atoms with E-state index in [0.717, 1.165) is 11.7 Å². The summed E-state index contributed by atoms with van der Waals surface area (Å²) in [6.45, 7) is 4.70. The van der Waals surface area contributed by atoms with Gasteiger partial charge < -0.3 is 14.5 Å². The average molecular weight is 279 g/mol. The number of aryl methyl sites for hydroxylation is 1. The molecule has 1 aromatic rings. The van der Waals surface area contributed by atoms with Crippen molar-refractivity contribution in [3.8, 4) is 0 Å². The topological polar surface area (TPSA) is 51.5 Å². The maximum absolute atomic E-state index is 11.5. The van der Waals surface area contributed by atoms with E-state index in [1.807, 2.05) is 0 Å². The molecule has 1 N–H and O–H groups in total. The molecular formula is C16H25NO3. The number of carbonyl (C=O) groups is 1. The number of esters is 1. The van der Waals surface area contributed by atoms with Crippen LogP contribution < -0.4 is 5.32 Å². The molecule has 20 heavy (non-hydrogen) atoms. The van der Waals surface area contributed by atoms with Crippen LogP contribution in [-0.2, 0) is 11.3 Å². The molecule has 0 aromatic carbocycles. The van der Waals surface area contributed by atoms with Crippen LogP contribution >= 0.6 is 0 Å². The van der Waals surface area contributed by atoms with E-state index >= 15 is 0 Å². The molecule has 1 saturated carbocycles. The normalized spacial score (nSPS) is 17.9. The van der Waals surface area contributed by atoms with Crippen LogP contribution in [-0.4, -0.2) is 19.1 Å². The highest BCUT2D eigenvalue weighted by Crippen LogP contribution is 2.26. The third-order valence-electron chi connectivity index (χ3n) is 4.33. The Labute approximate surface area is 120 Å². The molecule has 1 aliphatic carbocycles. The van der Waals surface area contributed by atoms with Crippen molar-refractivity contribution in [1.29, 1.82) is 0 Å². The summed E-state index contributed by atoms with van der Waals surface area (Å²) in [5.41, 5.74) is 0.523. The zero-order valence-electron chi connectivity index (χ0n) is 12.7. The number of carbonyl (C=O) groups excluding carboxylic acids is 1. The van der Waals surface area contributed by atoms with E-state index in [1.165, 1.54) is 39.2 Å². The minimum Gasteiger partial charge on any atom is -0.465 e. The molecule has 4 nitrogen and oxygen atoms in total. The molecule has 2 rings (SSSR count). The Morgan fingerprint density at radius 1 is 1.45 bits per heavy atom. The predicted molar refractivity (Wildman–Crippen MR) is 77.7 cm³/mol. The van der Waals surface area contributed by atoms with E-state index in [2.05, 4.69) is 12.2 Å². The summed E-state index contributed by atoms with van der Waals surface area (Å²) in [5, 5.41) is 3.52. The zero-order chi connectivity index (χ0) is 14.5. The average Bonchev–Trinajstić information content (AvgIpc) is 2.86. The Kier molecular flexibility index (Phi) is 5.24. The van der Waals surface area contributed by atoms with Crippen LogP contribution in [0, 0.1) is 12.8 Å². The predicted octanol–water partition coefficient (Wildman–Crippen LogP) is 3.43. The SMILES string of the molecule is COC(=O)c1cc(CNC(C)C2CCCCC2)oc1C. The summed E-state index contributed by atoms with van der Waals surface area (Å²) in [5.74, 6) is 1.85. The Morgan fingerprint density at radius 3 is 2.80 bits per heavy atom. The summed E-state index contributed by atoms with van der Waals surface area (Å²) in [6, 6.07) is 2.27. The number of nitrogens with one attached hydrogen (secondary N) is 1. The molecule has 1 aromatic heterocycles. The minimum absolute atomic E-state index is 0.335. The van der Waals surface area contributed by atoms with E-state index < -0.39 is 0 Å². The van der Waals surface area contributed by atoms with Crippen LogP contribution in [0.1, 0.15) is 60.9 Å². The van der Waals surface area contributed by atoms with E-state index in [-0.39, 0.29) is 5.97 Å². The largest absolute Gasteiger partial charge is 0.465 e. The van der Waals surface area contributed by atoms with E-state index in [9.17, 15) is 4.79 Å². The first-order chi connectivity index (χ1) is 9.61. The number of hydrogen-bond acceptors (Lipinski definition) is 4. The van der Waals surface area contributed by atoms with Gasteiger partial charge in [0, 0.05) is 6.04 Å². The van der Waals surface area contributed by atoms with Crippen LogP contribution in [0.25, 0.3) is 0 Å². The first-order valence-electron chi connectivity index (χ1n) is 7.53. The molecule has 1 atom stereocenters. The van der Waals surface area contributed by atoms with E-state index in [1.54, 1.807) is 13.0 Å². The lowest BCUT2D eigenvalue weighted by molar-refractivity contribution is 0.0599. The van der Waals surface area contributed by atoms with E-state index in [4.69, 9.17) is 9.15 Å². The van der Waals surface area contributed by atoms with Crippen molar-refractivity contribution in [2.45, 2.75) is 58.5 Å². The van der Waals surface area contributed by atoms with Gasteiger partial charge in [0.15, 0.2) is 0 Å². The Bertz CT molecular complexity index is 447. The molecule has 0 radical (unpaired) electrons. The highest BCUT2D eigenvalue weighted by molar-refractivity contribution is 5.90. The minimum atomic E-state index is -0.335. The van der Waals surface area contributed by atoms with Gasteiger partial charge in [-0.2, -0.15) is 0 Å². The third kappa shape index (κ3) is 3.63. The second kappa shape index (κ2) is 6.93. The van der Waals surface area contributed by atoms with Gasteiger partial charge in [-0.1, -0.05) is 19.3 Å². The maximum Gasteiger partial charge on any atom is 0.341 e. The first kappa shape index (κ1) is 15.1. The molecule has 1 aliphatic rings. The van der Waals surface area contributed by atoms with Gasteiger partial charge in [0.2, 0.25) is 0 Å². The fourth-order valence-electron chi connectivity index (χ4n) is 3.01. The molecule has 0 saturated heterocycles. The lowest BCUT2D eigenvalue weighted by Gasteiger charge is -2.28. The maximum atomic E-state index is 11.5. The van der Waals surface area contributed by atoms with Gasteiger partial charge in [-0.3, -0.25) is 0 Å². The molecule has 0 amide bonds. The molecule has 4 heteroatoms. The summed E-state index contributed by atoms with van der Waals surface area (Å²) >= 11 is 0. The Balaban J connectivity index is 1.88. The number of furan rings is 1.